The van der Waals surface area contributed by atoms with E-state index in [2.05, 4.69) is 12.2 Å². The first-order chi connectivity index (χ1) is 10.2. The first kappa shape index (κ1) is 15.5. The minimum atomic E-state index is 0.228. The molecule has 5 nitrogen and oxygen atoms in total. The number of anilines is 2. The van der Waals surface area contributed by atoms with Crippen LogP contribution in [0.2, 0.25) is 0 Å². The molecule has 116 valence electrons. The van der Waals surface area contributed by atoms with Gasteiger partial charge in [0.15, 0.2) is 0 Å². The van der Waals surface area contributed by atoms with Crippen LogP contribution in [0.3, 0.4) is 0 Å². The molecule has 1 aliphatic rings. The van der Waals surface area contributed by atoms with E-state index in [1.807, 2.05) is 23.1 Å². The van der Waals surface area contributed by atoms with Crippen molar-refractivity contribution in [1.29, 1.82) is 0 Å². The highest BCUT2D eigenvalue weighted by Gasteiger charge is 2.16. The molecular weight excluding hydrogens is 266 g/mol. The van der Waals surface area contributed by atoms with Crippen LogP contribution in [-0.4, -0.2) is 37.0 Å². The number of nitrogens with one attached hydrogen (secondary N) is 1. The fraction of sp³-hybridized carbons (Fsp3) is 0.562. The first-order valence-corrected chi connectivity index (χ1v) is 7.74. The normalized spacial score (nSPS) is 14.2. The summed E-state index contributed by atoms with van der Waals surface area (Å²) >= 11 is 0. The summed E-state index contributed by atoms with van der Waals surface area (Å²) < 4.78 is 5.59. The lowest BCUT2D eigenvalue weighted by Crippen LogP contribution is -2.29. The van der Waals surface area contributed by atoms with Gasteiger partial charge < -0.3 is 20.7 Å². The lowest BCUT2D eigenvalue weighted by atomic mass is 10.2. The maximum Gasteiger partial charge on any atom is 0.224 e. The molecule has 1 amide bonds. The van der Waals surface area contributed by atoms with Gasteiger partial charge in [-0.15, -0.1) is 0 Å². The van der Waals surface area contributed by atoms with Crippen molar-refractivity contribution in [3.63, 3.8) is 0 Å². The Morgan fingerprint density at radius 3 is 2.81 bits per heavy atom. The summed E-state index contributed by atoms with van der Waals surface area (Å²) in [7, 11) is 0. The van der Waals surface area contributed by atoms with E-state index in [1.54, 1.807) is 0 Å². The van der Waals surface area contributed by atoms with E-state index >= 15 is 0 Å². The largest absolute Gasteiger partial charge is 0.493 e. The molecule has 0 aliphatic carbocycles. The van der Waals surface area contributed by atoms with Gasteiger partial charge in [0, 0.05) is 49.6 Å². The standard InChI is InChI=1S/C16H25N3O2/c1-2-9-21-15-11-13(17)10-14(12-15)18-6-5-16(20)19-7-3-4-8-19/h10-12,18H,2-9,17H2,1H3. The SMILES string of the molecule is CCCOc1cc(N)cc(NCCC(=O)N2CCCC2)c1. The minimum Gasteiger partial charge on any atom is -0.493 e. The predicted octanol–water partition coefficient (Wildman–Crippen LogP) is 2.48. The molecule has 2 rings (SSSR count). The number of nitrogens with two attached hydrogens (primary N) is 1. The third-order valence-electron chi connectivity index (χ3n) is 3.53. The van der Waals surface area contributed by atoms with Crippen LogP contribution >= 0.6 is 0 Å². The molecule has 0 unspecified atom stereocenters. The van der Waals surface area contributed by atoms with Crippen LogP contribution in [0.5, 0.6) is 5.75 Å². The van der Waals surface area contributed by atoms with E-state index in [0.29, 0.717) is 25.3 Å². The van der Waals surface area contributed by atoms with Crippen LogP contribution in [0, 0.1) is 0 Å². The average molecular weight is 291 g/mol. The molecule has 0 radical (unpaired) electrons. The fourth-order valence-corrected chi connectivity index (χ4v) is 2.47. The second kappa shape index (κ2) is 7.76. The van der Waals surface area contributed by atoms with Gasteiger partial charge in [-0.25, -0.2) is 0 Å². The van der Waals surface area contributed by atoms with Crippen LogP contribution in [0.4, 0.5) is 11.4 Å². The second-order valence-electron chi connectivity index (χ2n) is 5.40. The van der Waals surface area contributed by atoms with Crippen molar-refractivity contribution >= 4 is 17.3 Å². The smallest absolute Gasteiger partial charge is 0.224 e. The maximum atomic E-state index is 11.9. The molecule has 1 saturated heterocycles. The Morgan fingerprint density at radius 1 is 1.33 bits per heavy atom. The van der Waals surface area contributed by atoms with Gasteiger partial charge >= 0.3 is 0 Å². The van der Waals surface area contributed by atoms with Gasteiger partial charge in [0.25, 0.3) is 0 Å². The molecule has 1 aliphatic heterocycles. The summed E-state index contributed by atoms with van der Waals surface area (Å²) in [6, 6.07) is 5.60. The van der Waals surface area contributed by atoms with Gasteiger partial charge in [-0.3, -0.25) is 4.79 Å². The van der Waals surface area contributed by atoms with Gasteiger partial charge in [-0.2, -0.15) is 0 Å². The number of likely N-dealkylation sites (tertiary alicyclic amines) is 1. The highest BCUT2D eigenvalue weighted by atomic mass is 16.5. The van der Waals surface area contributed by atoms with E-state index in [1.165, 1.54) is 0 Å². The monoisotopic (exact) mass is 291 g/mol. The van der Waals surface area contributed by atoms with Crippen molar-refractivity contribution in [2.75, 3.05) is 37.3 Å². The van der Waals surface area contributed by atoms with E-state index < -0.39 is 0 Å². The van der Waals surface area contributed by atoms with E-state index in [9.17, 15) is 4.79 Å². The van der Waals surface area contributed by atoms with Crippen LogP contribution in [0.15, 0.2) is 18.2 Å². The number of carbonyl (C=O) groups is 1. The van der Waals surface area contributed by atoms with Gasteiger partial charge in [0.1, 0.15) is 5.75 Å². The van der Waals surface area contributed by atoms with Crippen molar-refractivity contribution in [2.24, 2.45) is 0 Å². The fourth-order valence-electron chi connectivity index (χ4n) is 2.47. The second-order valence-corrected chi connectivity index (χ2v) is 5.40. The van der Waals surface area contributed by atoms with Crippen LogP contribution < -0.4 is 15.8 Å². The Hall–Kier alpha value is -1.91. The molecule has 3 N–H and O–H groups in total. The zero-order valence-electron chi connectivity index (χ0n) is 12.7. The molecule has 0 spiro atoms. The maximum absolute atomic E-state index is 11.9. The molecule has 1 fully saturated rings. The molecule has 0 bridgehead atoms. The quantitative estimate of drug-likeness (QED) is 0.757. The van der Waals surface area contributed by atoms with Crippen molar-refractivity contribution in [3.8, 4) is 5.75 Å². The Labute approximate surface area is 126 Å². The molecule has 21 heavy (non-hydrogen) atoms. The number of amides is 1. The predicted molar refractivity (Wildman–Crippen MR) is 85.6 cm³/mol. The Morgan fingerprint density at radius 2 is 2.10 bits per heavy atom. The van der Waals surface area contributed by atoms with Gasteiger partial charge in [-0.05, 0) is 25.3 Å². The summed E-state index contributed by atoms with van der Waals surface area (Å²) in [5.74, 6) is 0.997. The molecule has 0 saturated carbocycles. The van der Waals surface area contributed by atoms with Crippen molar-refractivity contribution in [1.82, 2.24) is 4.90 Å². The zero-order chi connectivity index (χ0) is 15.1. The number of ether oxygens (including phenoxy) is 1. The van der Waals surface area contributed by atoms with Gasteiger partial charge in [-0.1, -0.05) is 6.92 Å². The number of carbonyl (C=O) groups excluding carboxylic acids is 1. The van der Waals surface area contributed by atoms with Crippen molar-refractivity contribution in [3.05, 3.63) is 18.2 Å². The summed E-state index contributed by atoms with van der Waals surface area (Å²) in [6.07, 6.45) is 3.74. The number of rotatable bonds is 7. The zero-order valence-corrected chi connectivity index (χ0v) is 12.7. The minimum absolute atomic E-state index is 0.228. The van der Waals surface area contributed by atoms with Gasteiger partial charge in [0.05, 0.1) is 6.61 Å². The molecule has 1 heterocycles. The highest BCUT2D eigenvalue weighted by molar-refractivity contribution is 5.77. The van der Waals surface area contributed by atoms with E-state index in [0.717, 1.165) is 43.8 Å². The Bertz CT molecular complexity index is 471. The molecule has 0 atom stereocenters. The molecule has 1 aromatic carbocycles. The average Bonchev–Trinajstić information content (AvgIpc) is 2.99. The number of hydrogen-bond donors (Lipinski definition) is 2. The van der Waals surface area contributed by atoms with Crippen molar-refractivity contribution in [2.45, 2.75) is 32.6 Å². The molecule has 0 aromatic heterocycles. The lowest BCUT2D eigenvalue weighted by molar-refractivity contribution is -0.129. The summed E-state index contributed by atoms with van der Waals surface area (Å²) in [5, 5.41) is 3.25. The Kier molecular flexibility index (Phi) is 5.72. The summed E-state index contributed by atoms with van der Waals surface area (Å²) in [4.78, 5) is 13.9. The summed E-state index contributed by atoms with van der Waals surface area (Å²) in [6.45, 7) is 5.18. The highest BCUT2D eigenvalue weighted by Crippen LogP contribution is 2.22. The molecule has 5 heteroatoms. The molecular formula is C16H25N3O2. The van der Waals surface area contributed by atoms with Gasteiger partial charge in [0.2, 0.25) is 5.91 Å². The number of hydrogen-bond acceptors (Lipinski definition) is 4. The van der Waals surface area contributed by atoms with E-state index in [4.69, 9.17) is 10.5 Å². The third-order valence-corrected chi connectivity index (χ3v) is 3.53. The lowest BCUT2D eigenvalue weighted by Gasteiger charge is -2.16. The van der Waals surface area contributed by atoms with Crippen molar-refractivity contribution < 1.29 is 9.53 Å². The number of nitrogen functional groups attached to an aromatic ring is 1. The van der Waals surface area contributed by atoms with Crippen LogP contribution in [0.25, 0.3) is 0 Å². The number of benzene rings is 1. The summed E-state index contributed by atoms with van der Waals surface area (Å²) in [5.41, 5.74) is 7.43. The van der Waals surface area contributed by atoms with Crippen LogP contribution in [-0.2, 0) is 4.79 Å². The number of nitrogens with zero attached hydrogens (tertiary/aromatic N) is 1. The Balaban J connectivity index is 1.81. The topological polar surface area (TPSA) is 67.6 Å². The third kappa shape index (κ3) is 4.85. The molecule has 1 aromatic rings. The van der Waals surface area contributed by atoms with E-state index in [-0.39, 0.29) is 5.91 Å². The first-order valence-electron chi connectivity index (χ1n) is 7.74. The van der Waals surface area contributed by atoms with Crippen LogP contribution in [0.1, 0.15) is 32.6 Å².